The van der Waals surface area contributed by atoms with E-state index in [4.69, 9.17) is 0 Å². The Morgan fingerprint density at radius 3 is 2.79 bits per heavy atom. The van der Waals surface area contributed by atoms with Crippen molar-refractivity contribution >= 4 is 17.5 Å². The van der Waals surface area contributed by atoms with E-state index in [0.29, 0.717) is 10.5 Å². The number of thioether (sulfide) groups is 1. The summed E-state index contributed by atoms with van der Waals surface area (Å²) in [6.45, 7) is 3.86. The fraction of sp³-hybridized carbons (Fsp3) is 0.364. The van der Waals surface area contributed by atoms with Crippen LogP contribution in [0.15, 0.2) is 23.1 Å². The van der Waals surface area contributed by atoms with Crippen LogP contribution < -0.4 is 0 Å². The third-order valence-corrected chi connectivity index (χ3v) is 4.08. The smallest absolute Gasteiger partial charge is 0.168 e. The van der Waals surface area contributed by atoms with E-state index >= 15 is 0 Å². The fourth-order valence-corrected chi connectivity index (χ4v) is 2.74. The lowest BCUT2D eigenvalue weighted by Crippen LogP contribution is -2.26. The Morgan fingerprint density at radius 1 is 1.36 bits per heavy atom. The Kier molecular flexibility index (Phi) is 2.35. The number of hydrogen-bond donors (Lipinski definition) is 0. The molecular weight excluding hydrogens is 199 g/mol. The highest BCUT2D eigenvalue weighted by molar-refractivity contribution is 8.00. The molecule has 2 rings (SSSR count). The van der Waals surface area contributed by atoms with Crippen molar-refractivity contribution in [2.24, 2.45) is 5.92 Å². The van der Waals surface area contributed by atoms with Crippen LogP contribution in [-0.2, 0) is 0 Å². The van der Waals surface area contributed by atoms with Crippen LogP contribution >= 0.6 is 11.8 Å². The van der Waals surface area contributed by atoms with Gasteiger partial charge in [0.2, 0.25) is 0 Å². The molecule has 0 fully saturated rings. The first-order valence-electron chi connectivity index (χ1n) is 4.60. The molecule has 0 radical (unpaired) electrons. The first kappa shape index (κ1) is 9.71. The van der Waals surface area contributed by atoms with Gasteiger partial charge in [0.25, 0.3) is 0 Å². The van der Waals surface area contributed by atoms with E-state index in [1.54, 1.807) is 12.1 Å². The summed E-state index contributed by atoms with van der Waals surface area (Å²) >= 11 is 1.45. The molecule has 1 aliphatic heterocycles. The predicted octanol–water partition coefficient (Wildman–Crippen LogP) is 3.14. The summed E-state index contributed by atoms with van der Waals surface area (Å²) in [6, 6.07) is 4.70. The van der Waals surface area contributed by atoms with Gasteiger partial charge in [-0.25, -0.2) is 4.39 Å². The lowest BCUT2D eigenvalue weighted by molar-refractivity contribution is 0.0923. The second kappa shape index (κ2) is 3.39. The Bertz CT molecular complexity index is 389. The van der Waals surface area contributed by atoms with Crippen molar-refractivity contribution in [1.29, 1.82) is 0 Å². The average molecular weight is 210 g/mol. The van der Waals surface area contributed by atoms with Crippen molar-refractivity contribution in [2.75, 3.05) is 0 Å². The quantitative estimate of drug-likeness (QED) is 0.654. The molecule has 1 aliphatic rings. The maximum absolute atomic E-state index is 13.4. The molecule has 1 aromatic rings. The number of halogens is 1. The number of hydrogen-bond acceptors (Lipinski definition) is 2. The molecule has 2 unspecified atom stereocenters. The van der Waals surface area contributed by atoms with E-state index in [0.717, 1.165) is 0 Å². The summed E-state index contributed by atoms with van der Waals surface area (Å²) in [4.78, 5) is 12.3. The second-order valence-electron chi connectivity index (χ2n) is 3.59. The molecule has 74 valence electrons. The Hall–Kier alpha value is -0.830. The van der Waals surface area contributed by atoms with Gasteiger partial charge in [-0.15, -0.1) is 11.8 Å². The molecule has 1 heterocycles. The highest BCUT2D eigenvalue weighted by Gasteiger charge is 2.31. The monoisotopic (exact) mass is 210 g/mol. The Balaban J connectivity index is 2.56. The highest BCUT2D eigenvalue weighted by atomic mass is 32.2. The summed E-state index contributed by atoms with van der Waals surface area (Å²) in [7, 11) is 0. The van der Waals surface area contributed by atoms with E-state index < -0.39 is 0 Å². The molecule has 0 spiro atoms. The number of carbonyl (C=O) groups excluding carboxylic acids is 1. The summed E-state index contributed by atoms with van der Waals surface area (Å²) < 4.78 is 13.4. The van der Waals surface area contributed by atoms with Gasteiger partial charge in [0.05, 0.1) is 4.90 Å². The molecule has 0 bridgehead atoms. The zero-order chi connectivity index (χ0) is 10.3. The van der Waals surface area contributed by atoms with Gasteiger partial charge >= 0.3 is 0 Å². The number of carbonyl (C=O) groups is 1. The normalized spacial score (nSPS) is 26.1. The molecule has 14 heavy (non-hydrogen) atoms. The van der Waals surface area contributed by atoms with Gasteiger partial charge in [0, 0.05) is 16.7 Å². The first-order chi connectivity index (χ1) is 6.61. The van der Waals surface area contributed by atoms with Crippen molar-refractivity contribution in [3.8, 4) is 0 Å². The highest BCUT2D eigenvalue weighted by Crippen LogP contribution is 2.39. The zero-order valence-electron chi connectivity index (χ0n) is 8.08. The Morgan fingerprint density at radius 2 is 2.07 bits per heavy atom. The molecule has 1 aromatic carbocycles. The minimum atomic E-state index is -0.278. The molecule has 1 nitrogen and oxygen atoms in total. The number of rotatable bonds is 0. The number of ketones is 1. The predicted molar refractivity (Wildman–Crippen MR) is 55.2 cm³/mol. The van der Waals surface area contributed by atoms with E-state index in [1.807, 2.05) is 13.8 Å². The first-order valence-corrected chi connectivity index (χ1v) is 5.48. The number of Topliss-reactive ketones (excluding diaryl/α,β-unsaturated/α-hetero) is 1. The van der Waals surface area contributed by atoms with Gasteiger partial charge in [0.1, 0.15) is 5.82 Å². The topological polar surface area (TPSA) is 17.1 Å². The molecule has 3 heteroatoms. The lowest BCUT2D eigenvalue weighted by atomic mass is 9.96. The van der Waals surface area contributed by atoms with E-state index in [-0.39, 0.29) is 22.8 Å². The van der Waals surface area contributed by atoms with E-state index in [9.17, 15) is 9.18 Å². The molecule has 0 amide bonds. The maximum Gasteiger partial charge on any atom is 0.168 e. The summed E-state index contributed by atoms with van der Waals surface area (Å²) in [5.74, 6) is -0.236. The van der Waals surface area contributed by atoms with Gasteiger partial charge in [-0.3, -0.25) is 4.79 Å². The van der Waals surface area contributed by atoms with E-state index in [1.165, 1.54) is 17.8 Å². The third-order valence-electron chi connectivity index (χ3n) is 2.65. The molecule has 0 saturated heterocycles. The molecule has 2 atom stereocenters. The van der Waals surface area contributed by atoms with Crippen LogP contribution in [0.1, 0.15) is 24.2 Å². The van der Waals surface area contributed by atoms with Crippen molar-refractivity contribution in [2.45, 2.75) is 24.0 Å². The van der Waals surface area contributed by atoms with Gasteiger partial charge < -0.3 is 0 Å². The molecular formula is C11H11FOS. The van der Waals surface area contributed by atoms with Crippen LogP contribution in [-0.4, -0.2) is 11.0 Å². The van der Waals surface area contributed by atoms with Crippen LogP contribution in [0.25, 0.3) is 0 Å². The number of fused-ring (bicyclic) bond motifs is 1. The summed E-state index contributed by atoms with van der Waals surface area (Å²) in [5, 5.41) is 0.159. The largest absolute Gasteiger partial charge is 0.294 e. The van der Waals surface area contributed by atoms with Crippen LogP contribution in [0.3, 0.4) is 0 Å². The molecule has 0 aliphatic carbocycles. The third kappa shape index (κ3) is 1.36. The van der Waals surface area contributed by atoms with Crippen molar-refractivity contribution < 1.29 is 9.18 Å². The average Bonchev–Trinajstić information content (AvgIpc) is 2.17. The van der Waals surface area contributed by atoms with Crippen molar-refractivity contribution in [3.63, 3.8) is 0 Å². The Labute approximate surface area is 86.7 Å². The van der Waals surface area contributed by atoms with Gasteiger partial charge in [-0.2, -0.15) is 0 Å². The maximum atomic E-state index is 13.4. The SMILES string of the molecule is CC1Sc2c(F)cccc2C(=O)C1C. The summed E-state index contributed by atoms with van der Waals surface area (Å²) in [6.07, 6.45) is 0. The minimum absolute atomic E-state index is 0.0192. The molecule has 0 aromatic heterocycles. The molecule has 0 N–H and O–H groups in total. The van der Waals surface area contributed by atoms with Crippen molar-refractivity contribution in [3.05, 3.63) is 29.6 Å². The zero-order valence-corrected chi connectivity index (χ0v) is 8.90. The minimum Gasteiger partial charge on any atom is -0.294 e. The van der Waals surface area contributed by atoms with Crippen LogP contribution in [0.5, 0.6) is 0 Å². The van der Waals surface area contributed by atoms with Gasteiger partial charge in [0.15, 0.2) is 5.78 Å². The van der Waals surface area contributed by atoms with E-state index in [2.05, 4.69) is 0 Å². The molecule has 0 saturated carbocycles. The van der Waals surface area contributed by atoms with Crippen molar-refractivity contribution in [1.82, 2.24) is 0 Å². The summed E-state index contributed by atoms with van der Waals surface area (Å²) in [5.41, 5.74) is 0.542. The second-order valence-corrected chi connectivity index (χ2v) is 4.98. The lowest BCUT2D eigenvalue weighted by Gasteiger charge is -2.26. The van der Waals surface area contributed by atoms with Gasteiger partial charge in [-0.05, 0) is 6.07 Å². The van der Waals surface area contributed by atoms with Crippen LogP contribution in [0.4, 0.5) is 4.39 Å². The van der Waals surface area contributed by atoms with Crippen LogP contribution in [0, 0.1) is 11.7 Å². The standard InChI is InChI=1S/C11H11FOS/c1-6-7(2)14-11-8(10(6)13)4-3-5-9(11)12/h3-7H,1-2H3. The number of benzene rings is 1. The fourth-order valence-electron chi connectivity index (χ4n) is 1.57. The van der Waals surface area contributed by atoms with Gasteiger partial charge in [-0.1, -0.05) is 26.0 Å². The van der Waals surface area contributed by atoms with Crippen LogP contribution in [0.2, 0.25) is 0 Å².